The summed E-state index contributed by atoms with van der Waals surface area (Å²) in [7, 11) is -0.536. The Morgan fingerprint density at radius 1 is 0.593 bits per heavy atom. The highest BCUT2D eigenvalue weighted by Gasteiger charge is 2.36. The predicted molar refractivity (Wildman–Crippen MR) is 128 cm³/mol. The predicted octanol–water partition coefficient (Wildman–Crippen LogP) is 8.55. The first-order valence-electron chi connectivity index (χ1n) is 10.2. The third kappa shape index (κ3) is 7.01. The summed E-state index contributed by atoms with van der Waals surface area (Å²) in [5, 5.41) is 12.2. The molecular weight excluding hydrogens is 366 g/mol. The molecule has 1 rings (SSSR count). The largest absolute Gasteiger partial charge is 0.507 e. The van der Waals surface area contributed by atoms with Crippen molar-refractivity contribution in [2.24, 2.45) is 0 Å². The van der Waals surface area contributed by atoms with Gasteiger partial charge in [0.15, 0.2) is 0 Å². The van der Waals surface area contributed by atoms with Crippen molar-refractivity contribution in [2.45, 2.75) is 116 Å². The summed E-state index contributed by atoms with van der Waals surface area (Å²) in [5.41, 5.74) is 2.28. The molecule has 1 aromatic rings. The molecule has 27 heavy (non-hydrogen) atoms. The van der Waals surface area contributed by atoms with Crippen LogP contribution >= 0.6 is 15.8 Å². The van der Waals surface area contributed by atoms with Gasteiger partial charge in [-0.3, -0.25) is 0 Å². The van der Waals surface area contributed by atoms with Gasteiger partial charge in [0.1, 0.15) is 5.75 Å². The zero-order chi connectivity index (χ0) is 21.4. The number of hydrogen-bond acceptors (Lipinski definition) is 1. The first kappa shape index (κ1) is 24.9. The molecule has 0 amide bonds. The second-order valence-corrected chi connectivity index (χ2v) is 19.5. The first-order valence-corrected chi connectivity index (χ1v) is 13.3. The van der Waals surface area contributed by atoms with Crippen molar-refractivity contribution >= 4 is 15.8 Å². The molecule has 0 aliphatic carbocycles. The fraction of sp³-hybridized carbons (Fsp3) is 0.750. The Morgan fingerprint density at radius 3 is 1.07 bits per heavy atom. The van der Waals surface area contributed by atoms with Crippen LogP contribution in [0.5, 0.6) is 5.75 Å². The van der Waals surface area contributed by atoms with E-state index in [2.05, 4.69) is 101 Å². The molecule has 0 radical (unpaired) electrons. The number of aromatic hydroxyl groups is 1. The quantitative estimate of drug-likeness (QED) is 0.493. The first-order chi connectivity index (χ1) is 11.8. The number of para-hydroxylation sites is 1. The van der Waals surface area contributed by atoms with Gasteiger partial charge in [0, 0.05) is 0 Å². The molecule has 0 heterocycles. The van der Waals surface area contributed by atoms with Gasteiger partial charge < -0.3 is 5.11 Å². The topological polar surface area (TPSA) is 20.2 Å². The van der Waals surface area contributed by atoms with Crippen LogP contribution in [0.25, 0.3) is 0 Å². The van der Waals surface area contributed by atoms with Gasteiger partial charge >= 0.3 is 0 Å². The highest BCUT2D eigenvalue weighted by Crippen LogP contribution is 2.63. The number of rotatable bonds is 4. The molecule has 1 nitrogen and oxygen atoms in total. The van der Waals surface area contributed by atoms with Crippen LogP contribution in [0.4, 0.5) is 0 Å². The van der Waals surface area contributed by atoms with E-state index in [9.17, 15) is 5.11 Å². The van der Waals surface area contributed by atoms with Gasteiger partial charge in [0.25, 0.3) is 0 Å². The molecule has 156 valence electrons. The van der Waals surface area contributed by atoms with Crippen molar-refractivity contribution in [2.75, 3.05) is 0 Å². The lowest BCUT2D eigenvalue weighted by Crippen LogP contribution is -2.26. The summed E-state index contributed by atoms with van der Waals surface area (Å²) in [6.45, 7) is 28.2. The van der Waals surface area contributed by atoms with E-state index in [-0.39, 0.29) is 36.5 Å². The van der Waals surface area contributed by atoms with Gasteiger partial charge in [0.2, 0.25) is 0 Å². The van der Waals surface area contributed by atoms with Gasteiger partial charge in [-0.1, -0.05) is 117 Å². The van der Waals surface area contributed by atoms with Crippen LogP contribution in [0.2, 0.25) is 0 Å². The molecule has 0 aromatic heterocycles. The van der Waals surface area contributed by atoms with E-state index >= 15 is 0 Å². The Kier molecular flexibility index (Phi) is 7.68. The summed E-state index contributed by atoms with van der Waals surface area (Å²) in [4.78, 5) is 0. The van der Waals surface area contributed by atoms with Gasteiger partial charge in [-0.15, -0.1) is 0 Å². The minimum absolute atomic E-state index is 0.263. The molecular formula is C24H44OP2. The van der Waals surface area contributed by atoms with Gasteiger partial charge in [0.05, 0.1) is 0 Å². The van der Waals surface area contributed by atoms with E-state index in [4.69, 9.17) is 0 Å². The Labute approximate surface area is 172 Å². The smallest absolute Gasteiger partial charge is 0.122 e. The van der Waals surface area contributed by atoms with Crippen molar-refractivity contribution in [1.29, 1.82) is 0 Å². The van der Waals surface area contributed by atoms with Crippen LogP contribution in [0, 0.1) is 0 Å². The van der Waals surface area contributed by atoms with E-state index in [0.717, 1.165) is 23.5 Å². The van der Waals surface area contributed by atoms with Crippen molar-refractivity contribution < 1.29 is 5.11 Å². The average molecular weight is 411 g/mol. The molecule has 0 atom stereocenters. The van der Waals surface area contributed by atoms with Gasteiger partial charge in [-0.2, -0.15) is 0 Å². The third-order valence-electron chi connectivity index (χ3n) is 5.10. The average Bonchev–Trinajstić information content (AvgIpc) is 2.39. The van der Waals surface area contributed by atoms with E-state index in [1.807, 2.05) is 0 Å². The molecule has 0 aliphatic rings. The van der Waals surface area contributed by atoms with Crippen molar-refractivity contribution in [3.05, 3.63) is 29.3 Å². The summed E-state index contributed by atoms with van der Waals surface area (Å²) < 4.78 is 0. The maximum atomic E-state index is 11.2. The molecule has 0 fully saturated rings. The maximum absolute atomic E-state index is 11.2. The lowest BCUT2D eigenvalue weighted by molar-refractivity contribution is 0.465. The number of phenols is 1. The van der Waals surface area contributed by atoms with Crippen LogP contribution < -0.4 is 0 Å². The van der Waals surface area contributed by atoms with E-state index in [1.165, 1.54) is 0 Å². The van der Waals surface area contributed by atoms with Crippen LogP contribution in [-0.4, -0.2) is 25.7 Å². The molecule has 0 bridgehead atoms. The van der Waals surface area contributed by atoms with Gasteiger partial charge in [-0.05, 0) is 44.1 Å². The maximum Gasteiger partial charge on any atom is 0.122 e. The number of benzene rings is 1. The fourth-order valence-electron chi connectivity index (χ4n) is 4.20. The summed E-state index contributed by atoms with van der Waals surface area (Å²) >= 11 is 0. The Morgan fingerprint density at radius 2 is 0.852 bits per heavy atom. The standard InChI is InChI=1S/C24H44OP2/c1-21(2,3)26(22(4,5)6)16-18-14-13-15-19(20(18)25)17-27(23(7,8)9)24(10,11)12/h13-15,25H,16-17H2,1-12H3. The highest BCUT2D eigenvalue weighted by atomic mass is 31.1. The third-order valence-corrected chi connectivity index (χ3v) is 12.9. The van der Waals surface area contributed by atoms with Gasteiger partial charge in [-0.25, -0.2) is 0 Å². The molecule has 0 aliphatic heterocycles. The van der Waals surface area contributed by atoms with Crippen LogP contribution in [-0.2, 0) is 12.3 Å². The second-order valence-electron chi connectivity index (χ2n) is 11.8. The Bertz CT molecular complexity index is 541. The Balaban J connectivity index is 3.27. The summed E-state index contributed by atoms with van der Waals surface area (Å²) in [6.07, 6.45) is 1.98. The second kappa shape index (κ2) is 8.32. The number of hydrogen-bond donors (Lipinski definition) is 1. The lowest BCUT2D eigenvalue weighted by atomic mass is 10.1. The SMILES string of the molecule is CC(C)(C)P(Cc1cccc(CP(C(C)(C)C)C(C)(C)C)c1O)C(C)(C)C. The van der Waals surface area contributed by atoms with Crippen molar-refractivity contribution in [3.63, 3.8) is 0 Å². The Hall–Kier alpha value is -0.120. The normalized spacial score (nSPS) is 14.3. The zero-order valence-corrected chi connectivity index (χ0v) is 21.8. The minimum atomic E-state index is -0.268. The molecule has 1 N–H and O–H groups in total. The number of phenolic OH excluding ortho intramolecular Hbond substituents is 1. The van der Waals surface area contributed by atoms with Crippen LogP contribution in [0.1, 0.15) is 94.2 Å². The monoisotopic (exact) mass is 410 g/mol. The van der Waals surface area contributed by atoms with Crippen LogP contribution in [0.3, 0.4) is 0 Å². The molecule has 0 spiro atoms. The van der Waals surface area contributed by atoms with E-state index in [1.54, 1.807) is 0 Å². The molecule has 0 saturated carbocycles. The summed E-state index contributed by atoms with van der Waals surface area (Å²) in [6, 6.07) is 6.44. The van der Waals surface area contributed by atoms with Crippen molar-refractivity contribution in [1.82, 2.24) is 0 Å². The molecule has 3 heteroatoms. The highest BCUT2D eigenvalue weighted by molar-refractivity contribution is 7.60. The molecule has 0 saturated heterocycles. The van der Waals surface area contributed by atoms with Crippen LogP contribution in [0.15, 0.2) is 18.2 Å². The van der Waals surface area contributed by atoms with E-state index < -0.39 is 0 Å². The minimum Gasteiger partial charge on any atom is -0.507 e. The zero-order valence-electron chi connectivity index (χ0n) is 20.0. The molecule has 1 aromatic carbocycles. The molecule has 0 unspecified atom stereocenters. The van der Waals surface area contributed by atoms with E-state index in [0.29, 0.717) is 5.75 Å². The summed E-state index contributed by atoms with van der Waals surface area (Å²) in [5.74, 6) is 0.555. The van der Waals surface area contributed by atoms with Crippen molar-refractivity contribution in [3.8, 4) is 5.75 Å². The lowest BCUT2D eigenvalue weighted by Gasteiger charge is -2.42. The fourth-order valence-corrected chi connectivity index (χ4v) is 11.3.